The van der Waals surface area contributed by atoms with Gasteiger partial charge in [0.15, 0.2) is 0 Å². The van der Waals surface area contributed by atoms with E-state index in [1.165, 1.54) is 22.9 Å². The number of primary amides is 1. The zero-order valence-electron chi connectivity index (χ0n) is 8.56. The van der Waals surface area contributed by atoms with E-state index in [1.54, 1.807) is 5.38 Å². The molecule has 2 rings (SSSR count). The molecule has 3 nitrogen and oxygen atoms in total. The largest absolute Gasteiger partial charge is 0.369 e. The number of aromatic nitrogens is 1. The van der Waals surface area contributed by atoms with Crippen LogP contribution in [0.15, 0.2) is 29.1 Å². The van der Waals surface area contributed by atoms with E-state index in [0.29, 0.717) is 5.69 Å². The first kappa shape index (κ1) is 11.7. The normalized spacial score (nSPS) is 12.4. The van der Waals surface area contributed by atoms with Gasteiger partial charge in [-0.15, -0.1) is 11.3 Å². The number of carbonyl (C=O) groups is 1. The molecule has 1 amide bonds. The topological polar surface area (TPSA) is 56.0 Å². The lowest BCUT2D eigenvalue weighted by atomic mass is 9.95. The predicted octanol–water partition coefficient (Wildman–Crippen LogP) is 2.04. The Labute approximate surface area is 99.9 Å². The molecule has 0 radical (unpaired) electrons. The van der Waals surface area contributed by atoms with Crippen molar-refractivity contribution in [2.75, 3.05) is 0 Å². The summed E-state index contributed by atoms with van der Waals surface area (Å²) in [7, 11) is 0. The van der Waals surface area contributed by atoms with Crippen LogP contribution >= 0.6 is 11.3 Å². The third kappa shape index (κ3) is 2.31. The fourth-order valence-corrected chi connectivity index (χ4v) is 2.14. The molecule has 2 N–H and O–H groups in total. The molecule has 17 heavy (non-hydrogen) atoms. The van der Waals surface area contributed by atoms with E-state index in [2.05, 4.69) is 4.98 Å². The van der Waals surface area contributed by atoms with E-state index in [-0.39, 0.29) is 5.56 Å². The molecule has 0 bridgehead atoms. The van der Waals surface area contributed by atoms with Crippen molar-refractivity contribution in [2.24, 2.45) is 5.73 Å². The monoisotopic (exact) mass is 254 g/mol. The molecule has 1 atom stereocenters. The Hall–Kier alpha value is -1.82. The second-order valence-electron chi connectivity index (χ2n) is 3.41. The van der Waals surface area contributed by atoms with Gasteiger partial charge in [0.1, 0.15) is 17.6 Å². The second-order valence-corrected chi connectivity index (χ2v) is 4.13. The molecular formula is C11H8F2N2OS. The lowest BCUT2D eigenvalue weighted by Gasteiger charge is -2.12. The Kier molecular flexibility index (Phi) is 3.14. The SMILES string of the molecule is NC(=O)C(c1cscn1)c1ccc(F)cc1F. The third-order valence-corrected chi connectivity index (χ3v) is 2.91. The highest BCUT2D eigenvalue weighted by Crippen LogP contribution is 2.26. The number of rotatable bonds is 3. The van der Waals surface area contributed by atoms with Crippen molar-refractivity contribution in [3.8, 4) is 0 Å². The van der Waals surface area contributed by atoms with Crippen LogP contribution in [0.3, 0.4) is 0 Å². The van der Waals surface area contributed by atoms with Gasteiger partial charge in [-0.25, -0.2) is 13.8 Å². The molecule has 6 heteroatoms. The van der Waals surface area contributed by atoms with E-state index in [4.69, 9.17) is 5.73 Å². The van der Waals surface area contributed by atoms with Crippen molar-refractivity contribution in [1.29, 1.82) is 0 Å². The molecule has 0 spiro atoms. The third-order valence-electron chi connectivity index (χ3n) is 2.31. The molecule has 0 saturated carbocycles. The Bertz CT molecular complexity index is 542. The molecule has 1 aromatic heterocycles. The number of nitrogens with two attached hydrogens (primary N) is 1. The summed E-state index contributed by atoms with van der Waals surface area (Å²) in [5.74, 6) is -3.21. The minimum atomic E-state index is -0.984. The van der Waals surface area contributed by atoms with E-state index in [1.807, 2.05) is 0 Å². The van der Waals surface area contributed by atoms with Gasteiger partial charge in [-0.05, 0) is 6.07 Å². The van der Waals surface area contributed by atoms with Gasteiger partial charge in [-0.1, -0.05) is 6.07 Å². The molecule has 1 heterocycles. The quantitative estimate of drug-likeness (QED) is 0.911. The van der Waals surface area contributed by atoms with Crippen LogP contribution in [0.1, 0.15) is 17.2 Å². The minimum absolute atomic E-state index is 0.0322. The average Bonchev–Trinajstić information content (AvgIpc) is 2.74. The van der Waals surface area contributed by atoms with Gasteiger partial charge in [0.25, 0.3) is 0 Å². The molecular weight excluding hydrogens is 246 g/mol. The lowest BCUT2D eigenvalue weighted by Crippen LogP contribution is -2.23. The zero-order valence-corrected chi connectivity index (χ0v) is 9.38. The van der Waals surface area contributed by atoms with Crippen molar-refractivity contribution in [2.45, 2.75) is 5.92 Å². The summed E-state index contributed by atoms with van der Waals surface area (Å²) >= 11 is 1.27. The minimum Gasteiger partial charge on any atom is -0.369 e. The number of amides is 1. The zero-order chi connectivity index (χ0) is 12.4. The Morgan fingerprint density at radius 1 is 1.41 bits per heavy atom. The molecule has 88 valence electrons. The summed E-state index contributed by atoms with van der Waals surface area (Å²) in [6, 6.07) is 3.01. The first-order valence-corrected chi connectivity index (χ1v) is 5.66. The Morgan fingerprint density at radius 2 is 2.18 bits per heavy atom. The number of carbonyl (C=O) groups excluding carboxylic acids is 1. The maximum atomic E-state index is 13.6. The van der Waals surface area contributed by atoms with Crippen molar-refractivity contribution in [1.82, 2.24) is 4.98 Å². The number of nitrogens with zero attached hydrogens (tertiary/aromatic N) is 1. The maximum absolute atomic E-state index is 13.6. The molecule has 1 unspecified atom stereocenters. The smallest absolute Gasteiger partial charge is 0.231 e. The number of benzene rings is 1. The summed E-state index contributed by atoms with van der Waals surface area (Å²) in [5.41, 5.74) is 7.15. The summed E-state index contributed by atoms with van der Waals surface area (Å²) in [6.07, 6.45) is 0. The lowest BCUT2D eigenvalue weighted by molar-refractivity contribution is -0.118. The van der Waals surface area contributed by atoms with Gasteiger partial charge in [0, 0.05) is 17.0 Å². The molecule has 0 fully saturated rings. The molecule has 0 aliphatic rings. The molecule has 2 aromatic rings. The van der Waals surface area contributed by atoms with Crippen LogP contribution in [0.4, 0.5) is 8.78 Å². The van der Waals surface area contributed by atoms with Gasteiger partial charge < -0.3 is 5.73 Å². The van der Waals surface area contributed by atoms with Crippen molar-refractivity contribution >= 4 is 17.2 Å². The van der Waals surface area contributed by atoms with Gasteiger partial charge in [-0.3, -0.25) is 4.79 Å². The summed E-state index contributed by atoms with van der Waals surface area (Å²) in [5, 5.41) is 1.61. The van der Waals surface area contributed by atoms with Gasteiger partial charge in [0.05, 0.1) is 11.2 Å². The first-order chi connectivity index (χ1) is 8.09. The van der Waals surface area contributed by atoms with Crippen molar-refractivity contribution in [3.05, 3.63) is 52.0 Å². The Balaban J connectivity index is 2.51. The number of hydrogen-bond acceptors (Lipinski definition) is 3. The fourth-order valence-electron chi connectivity index (χ4n) is 1.56. The van der Waals surface area contributed by atoms with Crippen molar-refractivity contribution in [3.63, 3.8) is 0 Å². The average molecular weight is 254 g/mol. The van der Waals surface area contributed by atoms with Crippen LogP contribution in [-0.2, 0) is 4.79 Å². The van der Waals surface area contributed by atoms with E-state index < -0.39 is 23.5 Å². The van der Waals surface area contributed by atoms with Crippen LogP contribution in [0.2, 0.25) is 0 Å². The molecule has 0 aliphatic heterocycles. The maximum Gasteiger partial charge on any atom is 0.231 e. The van der Waals surface area contributed by atoms with Crippen LogP contribution in [0.25, 0.3) is 0 Å². The predicted molar refractivity (Wildman–Crippen MR) is 59.5 cm³/mol. The highest BCUT2D eigenvalue weighted by molar-refractivity contribution is 7.07. The molecule has 0 aliphatic carbocycles. The van der Waals surface area contributed by atoms with Crippen molar-refractivity contribution < 1.29 is 13.6 Å². The van der Waals surface area contributed by atoms with Crippen LogP contribution in [-0.4, -0.2) is 10.9 Å². The fraction of sp³-hybridized carbons (Fsp3) is 0.0909. The van der Waals surface area contributed by atoms with E-state index in [0.717, 1.165) is 12.1 Å². The van der Waals surface area contributed by atoms with Crippen LogP contribution in [0, 0.1) is 11.6 Å². The number of hydrogen-bond donors (Lipinski definition) is 1. The van der Waals surface area contributed by atoms with Crippen LogP contribution < -0.4 is 5.73 Å². The van der Waals surface area contributed by atoms with Gasteiger partial charge in [-0.2, -0.15) is 0 Å². The summed E-state index contributed by atoms with van der Waals surface area (Å²) in [6.45, 7) is 0. The van der Waals surface area contributed by atoms with Gasteiger partial charge in [0.2, 0.25) is 5.91 Å². The highest BCUT2D eigenvalue weighted by Gasteiger charge is 2.25. The number of thiazole rings is 1. The molecule has 0 saturated heterocycles. The highest BCUT2D eigenvalue weighted by atomic mass is 32.1. The standard InChI is InChI=1S/C11H8F2N2OS/c12-6-1-2-7(8(13)3-6)10(11(14)16)9-4-17-5-15-9/h1-5,10H,(H2,14,16). The Morgan fingerprint density at radius 3 is 2.71 bits per heavy atom. The van der Waals surface area contributed by atoms with Crippen LogP contribution in [0.5, 0.6) is 0 Å². The molecule has 1 aromatic carbocycles. The summed E-state index contributed by atoms with van der Waals surface area (Å²) in [4.78, 5) is 15.3. The first-order valence-electron chi connectivity index (χ1n) is 4.72. The van der Waals surface area contributed by atoms with E-state index in [9.17, 15) is 13.6 Å². The van der Waals surface area contributed by atoms with E-state index >= 15 is 0 Å². The summed E-state index contributed by atoms with van der Waals surface area (Å²) < 4.78 is 26.4. The second kappa shape index (κ2) is 4.58. The number of halogens is 2. The van der Waals surface area contributed by atoms with Gasteiger partial charge >= 0.3 is 0 Å².